The summed E-state index contributed by atoms with van der Waals surface area (Å²) in [5.74, 6) is 1.12. The molecule has 0 saturated heterocycles. The summed E-state index contributed by atoms with van der Waals surface area (Å²) in [6, 6.07) is 20.6. The predicted molar refractivity (Wildman–Crippen MR) is 111 cm³/mol. The van der Waals surface area contributed by atoms with Gasteiger partial charge in [-0.1, -0.05) is 24.3 Å². The Morgan fingerprint density at radius 1 is 0.724 bits per heavy atom. The van der Waals surface area contributed by atoms with Gasteiger partial charge in [0.05, 0.1) is 19.8 Å². The van der Waals surface area contributed by atoms with Gasteiger partial charge in [-0.05, 0) is 66.2 Å². The van der Waals surface area contributed by atoms with Gasteiger partial charge in [0.25, 0.3) is 0 Å². The zero-order valence-corrected chi connectivity index (χ0v) is 16.1. The molecule has 0 spiro atoms. The number of methoxy groups -OCH3 is 2. The van der Waals surface area contributed by atoms with Crippen molar-refractivity contribution in [3.63, 3.8) is 0 Å². The van der Waals surface area contributed by atoms with Crippen LogP contribution in [0.5, 0.6) is 17.2 Å². The van der Waals surface area contributed by atoms with Crippen LogP contribution in [0, 0.1) is 0 Å². The highest BCUT2D eigenvalue weighted by molar-refractivity contribution is 6.06. The predicted octanol–water partition coefficient (Wildman–Crippen LogP) is 4.82. The first-order valence-electron chi connectivity index (χ1n) is 8.92. The molecule has 0 saturated carbocycles. The molecule has 0 aliphatic rings. The topological polar surface area (TPSA) is 61.8 Å². The van der Waals surface area contributed by atoms with Crippen molar-refractivity contribution < 1.29 is 23.8 Å². The lowest BCUT2D eigenvalue weighted by Gasteiger charge is -2.06. The van der Waals surface area contributed by atoms with Crippen LogP contribution in [-0.4, -0.2) is 26.0 Å². The summed E-state index contributed by atoms with van der Waals surface area (Å²) >= 11 is 0. The lowest BCUT2D eigenvalue weighted by Crippen LogP contribution is -2.08. The summed E-state index contributed by atoms with van der Waals surface area (Å²) in [6.07, 6.45) is 3.21. The van der Waals surface area contributed by atoms with Crippen LogP contribution in [0.2, 0.25) is 0 Å². The van der Waals surface area contributed by atoms with E-state index < -0.39 is 5.97 Å². The van der Waals surface area contributed by atoms with E-state index in [1.165, 1.54) is 13.2 Å². The molecule has 3 aromatic carbocycles. The fourth-order valence-corrected chi connectivity index (χ4v) is 2.59. The Kier molecular flexibility index (Phi) is 6.43. The Morgan fingerprint density at radius 2 is 1.38 bits per heavy atom. The lowest BCUT2D eigenvalue weighted by molar-refractivity contribution is 0.0734. The molecule has 0 unspecified atom stereocenters. The molecule has 0 aromatic heterocycles. The molecule has 0 N–H and O–H groups in total. The molecular weight excluding hydrogens is 368 g/mol. The number of ketones is 1. The zero-order valence-electron chi connectivity index (χ0n) is 16.1. The molecular formula is C24H20O5. The summed E-state index contributed by atoms with van der Waals surface area (Å²) in [7, 11) is 3.12. The van der Waals surface area contributed by atoms with E-state index in [1.54, 1.807) is 86.0 Å². The van der Waals surface area contributed by atoms with E-state index >= 15 is 0 Å². The van der Waals surface area contributed by atoms with E-state index in [4.69, 9.17) is 14.2 Å². The van der Waals surface area contributed by atoms with Crippen molar-refractivity contribution in [1.82, 2.24) is 0 Å². The van der Waals surface area contributed by atoms with Crippen LogP contribution < -0.4 is 14.2 Å². The van der Waals surface area contributed by atoms with Gasteiger partial charge in [-0.2, -0.15) is 0 Å². The molecule has 0 aliphatic heterocycles. The van der Waals surface area contributed by atoms with E-state index in [1.807, 2.05) is 0 Å². The standard InChI is InChI=1S/C24H20O5/c1-27-20-13-9-18(10-14-20)23(25)15-8-17-6-11-21(12-7-17)29-24(26)19-4-3-5-22(16-19)28-2/h3-16H,1-2H3/b15-8+. The van der Waals surface area contributed by atoms with E-state index in [0.717, 1.165) is 5.56 Å². The number of rotatable bonds is 7. The Labute approximate surface area is 169 Å². The molecule has 0 bridgehead atoms. The monoisotopic (exact) mass is 388 g/mol. The second-order valence-electron chi connectivity index (χ2n) is 6.12. The minimum atomic E-state index is -0.470. The van der Waals surface area contributed by atoms with Crippen LogP contribution in [0.1, 0.15) is 26.3 Å². The average Bonchev–Trinajstić information content (AvgIpc) is 2.78. The summed E-state index contributed by atoms with van der Waals surface area (Å²) in [4.78, 5) is 24.5. The van der Waals surface area contributed by atoms with Gasteiger partial charge in [-0.3, -0.25) is 4.79 Å². The highest BCUT2D eigenvalue weighted by atomic mass is 16.5. The zero-order chi connectivity index (χ0) is 20.6. The molecule has 0 radical (unpaired) electrons. The van der Waals surface area contributed by atoms with E-state index in [2.05, 4.69) is 0 Å². The number of ether oxygens (including phenoxy) is 3. The van der Waals surface area contributed by atoms with Crippen LogP contribution >= 0.6 is 0 Å². The highest BCUT2D eigenvalue weighted by Gasteiger charge is 2.09. The van der Waals surface area contributed by atoms with Gasteiger partial charge in [0, 0.05) is 5.56 Å². The first-order chi connectivity index (χ1) is 14.1. The number of allylic oxidation sites excluding steroid dienone is 1. The number of carbonyl (C=O) groups is 2. The second kappa shape index (κ2) is 9.37. The van der Waals surface area contributed by atoms with Gasteiger partial charge in [0.15, 0.2) is 5.78 Å². The van der Waals surface area contributed by atoms with E-state index in [0.29, 0.717) is 28.4 Å². The van der Waals surface area contributed by atoms with Crippen molar-refractivity contribution in [1.29, 1.82) is 0 Å². The highest BCUT2D eigenvalue weighted by Crippen LogP contribution is 2.18. The van der Waals surface area contributed by atoms with Gasteiger partial charge >= 0.3 is 5.97 Å². The summed E-state index contributed by atoms with van der Waals surface area (Å²) in [5.41, 5.74) is 1.79. The Balaban J connectivity index is 1.62. The van der Waals surface area contributed by atoms with E-state index in [9.17, 15) is 9.59 Å². The molecule has 29 heavy (non-hydrogen) atoms. The maximum Gasteiger partial charge on any atom is 0.343 e. The van der Waals surface area contributed by atoms with Crippen molar-refractivity contribution in [3.8, 4) is 17.2 Å². The minimum absolute atomic E-state index is 0.110. The third kappa shape index (κ3) is 5.32. The smallest absolute Gasteiger partial charge is 0.343 e. The molecule has 146 valence electrons. The van der Waals surface area contributed by atoms with Crippen LogP contribution in [-0.2, 0) is 0 Å². The number of benzene rings is 3. The normalized spacial score (nSPS) is 10.6. The first kappa shape index (κ1) is 19.9. The summed E-state index contributed by atoms with van der Waals surface area (Å²) in [5, 5.41) is 0. The molecule has 0 amide bonds. The summed E-state index contributed by atoms with van der Waals surface area (Å²) in [6.45, 7) is 0. The number of hydrogen-bond donors (Lipinski definition) is 0. The van der Waals surface area contributed by atoms with Crippen molar-refractivity contribution >= 4 is 17.8 Å². The van der Waals surface area contributed by atoms with Crippen molar-refractivity contribution in [3.05, 3.63) is 95.6 Å². The number of esters is 1. The fraction of sp³-hybridized carbons (Fsp3) is 0.0833. The third-order valence-corrected chi connectivity index (χ3v) is 4.20. The largest absolute Gasteiger partial charge is 0.497 e. The molecule has 5 heteroatoms. The van der Waals surface area contributed by atoms with Crippen molar-refractivity contribution in [2.45, 2.75) is 0 Å². The maximum absolute atomic E-state index is 12.2. The lowest BCUT2D eigenvalue weighted by atomic mass is 10.1. The van der Waals surface area contributed by atoms with Crippen LogP contribution in [0.15, 0.2) is 78.9 Å². The van der Waals surface area contributed by atoms with Crippen molar-refractivity contribution in [2.24, 2.45) is 0 Å². The van der Waals surface area contributed by atoms with Gasteiger partial charge in [-0.25, -0.2) is 4.79 Å². The van der Waals surface area contributed by atoms with Gasteiger partial charge in [-0.15, -0.1) is 0 Å². The Bertz CT molecular complexity index is 1020. The second-order valence-corrected chi connectivity index (χ2v) is 6.12. The Hall–Kier alpha value is -3.86. The average molecular weight is 388 g/mol. The van der Waals surface area contributed by atoms with Crippen molar-refractivity contribution in [2.75, 3.05) is 14.2 Å². The van der Waals surface area contributed by atoms with E-state index in [-0.39, 0.29) is 5.78 Å². The third-order valence-electron chi connectivity index (χ3n) is 4.20. The molecule has 0 fully saturated rings. The van der Waals surface area contributed by atoms with Crippen LogP contribution in [0.25, 0.3) is 6.08 Å². The minimum Gasteiger partial charge on any atom is -0.497 e. The quantitative estimate of drug-likeness (QED) is 0.251. The first-order valence-corrected chi connectivity index (χ1v) is 8.92. The Morgan fingerprint density at radius 3 is 2.03 bits per heavy atom. The maximum atomic E-state index is 12.2. The molecule has 0 atom stereocenters. The van der Waals surface area contributed by atoms with Gasteiger partial charge in [0.2, 0.25) is 0 Å². The summed E-state index contributed by atoms with van der Waals surface area (Å²) < 4.78 is 15.6. The molecule has 3 aromatic rings. The SMILES string of the molecule is COc1ccc(C(=O)/C=C/c2ccc(OC(=O)c3cccc(OC)c3)cc2)cc1. The van der Waals surface area contributed by atoms with Crippen LogP contribution in [0.3, 0.4) is 0 Å². The number of hydrogen-bond acceptors (Lipinski definition) is 5. The van der Waals surface area contributed by atoms with Crippen LogP contribution in [0.4, 0.5) is 0 Å². The molecule has 0 aliphatic carbocycles. The van der Waals surface area contributed by atoms with Gasteiger partial charge in [0.1, 0.15) is 17.2 Å². The number of carbonyl (C=O) groups excluding carboxylic acids is 2. The molecule has 5 nitrogen and oxygen atoms in total. The van der Waals surface area contributed by atoms with Gasteiger partial charge < -0.3 is 14.2 Å². The fourth-order valence-electron chi connectivity index (χ4n) is 2.59. The molecule has 3 rings (SSSR count). The molecule has 0 heterocycles.